The molecule has 0 radical (unpaired) electrons. The van der Waals surface area contributed by atoms with Gasteiger partial charge in [0.05, 0.1) is 0 Å². The van der Waals surface area contributed by atoms with Gasteiger partial charge >= 0.3 is 213 Å². The van der Waals surface area contributed by atoms with Crippen molar-refractivity contribution >= 4 is 4.42 Å². The molecule has 7 rings (SSSR count). The van der Waals surface area contributed by atoms with Crippen molar-refractivity contribution in [2.24, 2.45) is 23.2 Å². The van der Waals surface area contributed by atoms with Crippen LogP contribution in [0.25, 0.3) is 0 Å². The average Bonchev–Trinajstić information content (AvgIpc) is 3.53. The maximum absolute atomic E-state index is 6.64. The van der Waals surface area contributed by atoms with Crippen LogP contribution in [-0.2, 0) is 29.8 Å². The summed E-state index contributed by atoms with van der Waals surface area (Å²) < 4.78 is 20.2. The van der Waals surface area contributed by atoms with Gasteiger partial charge in [-0.05, 0) is 0 Å². The van der Waals surface area contributed by atoms with E-state index in [0.717, 1.165) is 58.3 Å². The number of rotatable bonds is 1. The zero-order valence-corrected chi connectivity index (χ0v) is 21.6. The summed E-state index contributed by atoms with van der Waals surface area (Å²) in [6.45, 7) is 7.07. The van der Waals surface area contributed by atoms with Crippen molar-refractivity contribution in [1.29, 1.82) is 0 Å². The molecule has 0 amide bonds. The fourth-order valence-corrected chi connectivity index (χ4v) is 9.86. The molecule has 1 aromatic carbocycles. The molecule has 3 nitrogen and oxygen atoms in total. The summed E-state index contributed by atoms with van der Waals surface area (Å²) in [5.74, 6) is 2.14. The number of ether oxygens (including phenoxy) is 3. The van der Waals surface area contributed by atoms with E-state index in [0.29, 0.717) is 23.7 Å². The van der Waals surface area contributed by atoms with E-state index >= 15 is 0 Å². The standard InChI is InChI=1S/C30H38O3.Cu/c1-20-4-6-21(7-5-20)25-19-28(2)26(11-13-29(28)12-3-15-31-29)24-9-8-22-18-30(32-16-17-33-30)14-10-23(22)27(24)25;/h4-7,22,24-26H,3,8-11,13-19H2,1-2H3;. The van der Waals surface area contributed by atoms with Crippen LogP contribution in [0.1, 0.15) is 81.8 Å². The molecular formula is C30H38CuO3. The van der Waals surface area contributed by atoms with Crippen molar-refractivity contribution in [1.82, 2.24) is 0 Å². The molecule has 0 aromatic heterocycles. The average molecular weight is 510 g/mol. The van der Waals surface area contributed by atoms with Crippen LogP contribution in [0.3, 0.4) is 0 Å². The molecule has 6 aliphatic rings. The molecule has 2 aliphatic heterocycles. The summed E-state index contributed by atoms with van der Waals surface area (Å²) in [5, 5.41) is 0. The molecule has 6 unspecified atom stereocenters. The first-order valence-electron chi connectivity index (χ1n) is 13.6. The molecule has 187 valence electrons. The van der Waals surface area contributed by atoms with E-state index < -0.39 is 0 Å². The van der Waals surface area contributed by atoms with Gasteiger partial charge in [-0.25, -0.2) is 0 Å². The Labute approximate surface area is 212 Å². The van der Waals surface area contributed by atoms with Crippen LogP contribution in [0.4, 0.5) is 0 Å². The molecular weight excluding hydrogens is 472 g/mol. The molecule has 4 aliphatic carbocycles. The molecule has 34 heavy (non-hydrogen) atoms. The van der Waals surface area contributed by atoms with Crippen LogP contribution in [0.15, 0.2) is 35.4 Å². The van der Waals surface area contributed by atoms with Gasteiger partial charge < -0.3 is 0 Å². The summed E-state index contributed by atoms with van der Waals surface area (Å²) >= 11 is 6.22. The van der Waals surface area contributed by atoms with Gasteiger partial charge in [-0.1, -0.05) is 0 Å². The predicted molar refractivity (Wildman–Crippen MR) is 129 cm³/mol. The van der Waals surface area contributed by atoms with E-state index in [1.165, 1.54) is 34.8 Å². The van der Waals surface area contributed by atoms with Crippen LogP contribution < -0.4 is 0 Å². The minimum absolute atomic E-state index is 0.125. The normalized spacial score (nSPS) is 42.9. The van der Waals surface area contributed by atoms with Gasteiger partial charge in [0.2, 0.25) is 0 Å². The Morgan fingerprint density at radius 1 is 0.882 bits per heavy atom. The van der Waals surface area contributed by atoms with E-state index in [2.05, 4.69) is 38.1 Å². The van der Waals surface area contributed by atoms with Crippen LogP contribution in [0, 0.1) is 30.1 Å². The first-order valence-corrected chi connectivity index (χ1v) is 14.1. The van der Waals surface area contributed by atoms with Gasteiger partial charge in [-0.3, -0.25) is 0 Å². The Morgan fingerprint density at radius 2 is 1.68 bits per heavy atom. The van der Waals surface area contributed by atoms with Crippen LogP contribution >= 0.6 is 0 Å². The summed E-state index contributed by atoms with van der Waals surface area (Å²) in [6.07, 6.45) is 10.3. The Balaban J connectivity index is 1.34. The predicted octanol–water partition coefficient (Wildman–Crippen LogP) is 6.03. The van der Waals surface area contributed by atoms with Crippen molar-refractivity contribution in [2.45, 2.75) is 88.9 Å². The van der Waals surface area contributed by atoms with Crippen molar-refractivity contribution in [2.75, 3.05) is 19.8 Å². The zero-order valence-electron chi connectivity index (χ0n) is 20.6. The maximum atomic E-state index is 6.64. The van der Waals surface area contributed by atoms with Gasteiger partial charge in [0, 0.05) is 0 Å². The quantitative estimate of drug-likeness (QED) is 0.342. The van der Waals surface area contributed by atoms with Crippen LogP contribution in [0.2, 0.25) is 0 Å². The monoisotopic (exact) mass is 509 g/mol. The number of aryl methyl sites for hydroxylation is 1. The molecule has 2 saturated heterocycles. The first-order chi connectivity index (χ1) is 16.4. The Morgan fingerprint density at radius 3 is 2.41 bits per heavy atom. The summed E-state index contributed by atoms with van der Waals surface area (Å²) in [5.41, 5.74) is 6.34. The summed E-state index contributed by atoms with van der Waals surface area (Å²) in [4.78, 5) is 0. The van der Waals surface area contributed by atoms with Gasteiger partial charge in [-0.2, -0.15) is 0 Å². The minimum atomic E-state index is -0.301. The molecule has 0 bridgehead atoms. The Hall–Kier alpha value is -0.771. The van der Waals surface area contributed by atoms with E-state index in [1.54, 1.807) is 11.1 Å². The van der Waals surface area contributed by atoms with E-state index in [9.17, 15) is 0 Å². The Bertz CT molecular complexity index is 1040. The fourth-order valence-electron chi connectivity index (χ4n) is 9.31. The first kappa shape index (κ1) is 22.4. The van der Waals surface area contributed by atoms with Crippen molar-refractivity contribution in [3.05, 3.63) is 46.5 Å². The topological polar surface area (TPSA) is 27.7 Å². The second-order valence-electron chi connectivity index (χ2n) is 12.2. The van der Waals surface area contributed by atoms with Gasteiger partial charge in [-0.15, -0.1) is 0 Å². The summed E-state index contributed by atoms with van der Waals surface area (Å²) in [7, 11) is 0. The third-order valence-electron chi connectivity index (χ3n) is 10.8. The zero-order chi connectivity index (χ0) is 23.1. The number of fused-ring (bicyclic) bond motifs is 5. The third kappa shape index (κ3) is 3.02. The van der Waals surface area contributed by atoms with Crippen molar-refractivity contribution in [3.8, 4) is 0 Å². The molecule has 1 aromatic rings. The molecule has 3 saturated carbocycles. The van der Waals surface area contributed by atoms with Gasteiger partial charge in [0.25, 0.3) is 0 Å². The second-order valence-corrected chi connectivity index (χ2v) is 12.8. The molecule has 0 N–H and O–H groups in total. The SMILES string of the molecule is Cc1ccc(C2CC3(C)C(CCC34OCC[C]4=[Cu])C3CCC4CC5(CCC4=C23)OCCO5)cc1. The van der Waals surface area contributed by atoms with Crippen molar-refractivity contribution < 1.29 is 29.8 Å². The van der Waals surface area contributed by atoms with Crippen molar-refractivity contribution in [3.63, 3.8) is 0 Å². The summed E-state index contributed by atoms with van der Waals surface area (Å²) in [6, 6.07) is 9.42. The molecule has 5 fully saturated rings. The number of hydrogen-bond donors (Lipinski definition) is 0. The van der Waals surface area contributed by atoms with E-state index in [-0.39, 0.29) is 16.8 Å². The molecule has 2 heterocycles. The van der Waals surface area contributed by atoms with Gasteiger partial charge in [0.1, 0.15) is 0 Å². The number of benzene rings is 1. The number of allylic oxidation sites excluding steroid dienone is 2. The second kappa shape index (κ2) is 7.86. The molecule has 4 heteroatoms. The fraction of sp³-hybridized carbons (Fsp3) is 0.700. The molecule has 2 spiro atoms. The number of hydrogen-bond acceptors (Lipinski definition) is 3. The van der Waals surface area contributed by atoms with E-state index in [4.69, 9.17) is 29.8 Å². The van der Waals surface area contributed by atoms with Gasteiger partial charge in [0.15, 0.2) is 0 Å². The van der Waals surface area contributed by atoms with Crippen LogP contribution in [0.5, 0.6) is 0 Å². The van der Waals surface area contributed by atoms with E-state index in [1.807, 2.05) is 0 Å². The Kier molecular flexibility index (Phi) is 5.19. The molecule has 6 atom stereocenters. The van der Waals surface area contributed by atoms with Crippen LogP contribution in [-0.4, -0.2) is 35.6 Å². The third-order valence-corrected chi connectivity index (χ3v) is 11.4.